The van der Waals surface area contributed by atoms with Crippen LogP contribution in [0.3, 0.4) is 0 Å². The smallest absolute Gasteiger partial charge is 0.0273 e. The molecule has 0 amide bonds. The van der Waals surface area contributed by atoms with Gasteiger partial charge in [-0.15, -0.1) is 0 Å². The first kappa shape index (κ1) is 7.29. The lowest BCUT2D eigenvalue weighted by Gasteiger charge is -2.05. The van der Waals surface area contributed by atoms with Gasteiger partial charge in [-0.1, -0.05) is 18.2 Å². The molecule has 12 heavy (non-hydrogen) atoms. The summed E-state index contributed by atoms with van der Waals surface area (Å²) in [6.45, 7) is 0. The third-order valence-electron chi connectivity index (χ3n) is 1.88. The van der Waals surface area contributed by atoms with Crippen molar-refractivity contribution >= 4 is 5.57 Å². The average molecular weight is 156 g/mol. The Balaban J connectivity index is 2.31. The highest BCUT2D eigenvalue weighted by atomic mass is 14.6. The summed E-state index contributed by atoms with van der Waals surface area (Å²) >= 11 is 0. The molecule has 1 aromatic heterocycles. The molecule has 0 bridgehead atoms. The van der Waals surface area contributed by atoms with E-state index in [1.807, 2.05) is 24.5 Å². The van der Waals surface area contributed by atoms with E-state index in [2.05, 4.69) is 29.6 Å². The van der Waals surface area contributed by atoms with Crippen LogP contribution in [0.15, 0.2) is 42.8 Å². The van der Waals surface area contributed by atoms with Crippen molar-refractivity contribution in [2.75, 3.05) is 0 Å². The molecule has 1 radical (unpaired) electrons. The Morgan fingerprint density at radius 3 is 2.67 bits per heavy atom. The highest BCUT2D eigenvalue weighted by Crippen LogP contribution is 2.19. The van der Waals surface area contributed by atoms with Crippen LogP contribution in [0.4, 0.5) is 0 Å². The highest BCUT2D eigenvalue weighted by Gasteiger charge is 1.98. The first-order valence-electron chi connectivity index (χ1n) is 4.07. The van der Waals surface area contributed by atoms with E-state index in [4.69, 9.17) is 0 Å². The van der Waals surface area contributed by atoms with Crippen LogP contribution in [0.25, 0.3) is 5.57 Å². The van der Waals surface area contributed by atoms with Crippen LogP contribution in [0.5, 0.6) is 0 Å². The molecule has 59 valence electrons. The van der Waals surface area contributed by atoms with E-state index < -0.39 is 0 Å². The van der Waals surface area contributed by atoms with Gasteiger partial charge in [0.2, 0.25) is 0 Å². The molecule has 0 fully saturated rings. The number of nitrogens with zero attached hydrogens (tertiary/aromatic N) is 1. The van der Waals surface area contributed by atoms with Gasteiger partial charge >= 0.3 is 0 Å². The summed E-state index contributed by atoms with van der Waals surface area (Å²) in [5.74, 6) is 0. The van der Waals surface area contributed by atoms with Crippen molar-refractivity contribution in [1.82, 2.24) is 4.98 Å². The lowest BCUT2D eigenvalue weighted by Crippen LogP contribution is -1.85. The molecule has 0 atom stereocenters. The normalized spacial score (nSPS) is 15.8. The molecule has 0 saturated heterocycles. The maximum atomic E-state index is 3.98. The Morgan fingerprint density at radius 1 is 1.17 bits per heavy atom. The van der Waals surface area contributed by atoms with Crippen LogP contribution in [0.1, 0.15) is 12.0 Å². The predicted molar refractivity (Wildman–Crippen MR) is 50.3 cm³/mol. The van der Waals surface area contributed by atoms with Gasteiger partial charge in [0, 0.05) is 12.4 Å². The summed E-state index contributed by atoms with van der Waals surface area (Å²) < 4.78 is 0. The molecule has 0 aromatic carbocycles. The van der Waals surface area contributed by atoms with Crippen molar-refractivity contribution in [2.24, 2.45) is 0 Å². The molecule has 2 rings (SSSR count). The third-order valence-corrected chi connectivity index (χ3v) is 1.88. The van der Waals surface area contributed by atoms with Crippen molar-refractivity contribution < 1.29 is 0 Å². The lowest BCUT2D eigenvalue weighted by molar-refractivity contribution is 1.26. The molecule has 1 aromatic rings. The zero-order valence-corrected chi connectivity index (χ0v) is 6.77. The first-order chi connectivity index (χ1) is 5.97. The zero-order valence-electron chi connectivity index (χ0n) is 6.77. The second-order valence-corrected chi connectivity index (χ2v) is 2.73. The SMILES string of the molecule is [CH]1C=C(c2ccncc2)C=CC1. The van der Waals surface area contributed by atoms with E-state index in [-0.39, 0.29) is 0 Å². The second-order valence-electron chi connectivity index (χ2n) is 2.73. The highest BCUT2D eigenvalue weighted by molar-refractivity contribution is 5.75. The van der Waals surface area contributed by atoms with Crippen molar-refractivity contribution in [3.8, 4) is 0 Å². The molecule has 0 aliphatic heterocycles. The summed E-state index contributed by atoms with van der Waals surface area (Å²) in [5.41, 5.74) is 2.50. The molecular weight excluding hydrogens is 146 g/mol. The molecule has 1 heteroatoms. The number of pyridine rings is 1. The lowest BCUT2D eigenvalue weighted by atomic mass is 10.0. The number of hydrogen-bond acceptors (Lipinski definition) is 1. The molecule has 1 aliphatic rings. The Bertz CT molecular complexity index is 309. The largest absolute Gasteiger partial charge is 0.265 e. The molecule has 1 aliphatic carbocycles. The fourth-order valence-electron chi connectivity index (χ4n) is 1.26. The van der Waals surface area contributed by atoms with Gasteiger partial charge in [0.15, 0.2) is 0 Å². The Hall–Kier alpha value is -1.37. The van der Waals surface area contributed by atoms with Crippen LogP contribution < -0.4 is 0 Å². The molecule has 0 N–H and O–H groups in total. The van der Waals surface area contributed by atoms with E-state index in [9.17, 15) is 0 Å². The van der Waals surface area contributed by atoms with Gasteiger partial charge in [-0.05, 0) is 36.1 Å². The van der Waals surface area contributed by atoms with Gasteiger partial charge in [0.1, 0.15) is 0 Å². The molecular formula is C11H10N. The van der Waals surface area contributed by atoms with Gasteiger partial charge in [-0.25, -0.2) is 0 Å². The maximum Gasteiger partial charge on any atom is 0.0273 e. The monoisotopic (exact) mass is 156 g/mol. The van der Waals surface area contributed by atoms with Crippen LogP contribution in [-0.4, -0.2) is 4.98 Å². The van der Waals surface area contributed by atoms with E-state index >= 15 is 0 Å². The van der Waals surface area contributed by atoms with Gasteiger partial charge in [0.05, 0.1) is 0 Å². The molecule has 0 saturated carbocycles. The van der Waals surface area contributed by atoms with E-state index in [0.717, 1.165) is 6.42 Å². The maximum absolute atomic E-state index is 3.98. The number of hydrogen-bond donors (Lipinski definition) is 0. The number of aromatic nitrogens is 1. The van der Waals surface area contributed by atoms with Crippen molar-refractivity contribution in [3.63, 3.8) is 0 Å². The molecule has 0 unspecified atom stereocenters. The summed E-state index contributed by atoms with van der Waals surface area (Å²) in [6, 6.07) is 4.05. The number of allylic oxidation sites excluding steroid dienone is 4. The standard InChI is InChI=1S/C11H10N/c1-2-4-10(5-3-1)11-6-8-12-9-7-11/h2-9H,1H2. The van der Waals surface area contributed by atoms with Crippen LogP contribution in [0.2, 0.25) is 0 Å². The third kappa shape index (κ3) is 1.45. The van der Waals surface area contributed by atoms with Crippen LogP contribution in [-0.2, 0) is 0 Å². The van der Waals surface area contributed by atoms with Crippen LogP contribution >= 0.6 is 0 Å². The first-order valence-corrected chi connectivity index (χ1v) is 4.07. The van der Waals surface area contributed by atoms with Crippen molar-refractivity contribution in [1.29, 1.82) is 0 Å². The summed E-state index contributed by atoms with van der Waals surface area (Å²) in [4.78, 5) is 3.98. The van der Waals surface area contributed by atoms with E-state index in [1.54, 1.807) is 0 Å². The fourth-order valence-corrected chi connectivity index (χ4v) is 1.26. The Morgan fingerprint density at radius 2 is 2.00 bits per heavy atom. The summed E-state index contributed by atoms with van der Waals surface area (Å²) in [5, 5.41) is 0. The van der Waals surface area contributed by atoms with Crippen molar-refractivity contribution in [2.45, 2.75) is 6.42 Å². The quantitative estimate of drug-likeness (QED) is 0.609. The minimum Gasteiger partial charge on any atom is -0.265 e. The van der Waals surface area contributed by atoms with E-state index in [1.165, 1.54) is 11.1 Å². The average Bonchev–Trinajstić information content (AvgIpc) is 2.21. The van der Waals surface area contributed by atoms with Gasteiger partial charge in [0.25, 0.3) is 0 Å². The topological polar surface area (TPSA) is 12.9 Å². The number of rotatable bonds is 1. The van der Waals surface area contributed by atoms with Crippen LogP contribution in [0, 0.1) is 6.42 Å². The minimum atomic E-state index is 1.05. The molecule has 0 spiro atoms. The fraction of sp³-hybridized carbons (Fsp3) is 0.0909. The van der Waals surface area contributed by atoms with Gasteiger partial charge in [-0.3, -0.25) is 4.98 Å². The summed E-state index contributed by atoms with van der Waals surface area (Å²) in [6.07, 6.45) is 13.3. The summed E-state index contributed by atoms with van der Waals surface area (Å²) in [7, 11) is 0. The Kier molecular flexibility index (Phi) is 2.04. The van der Waals surface area contributed by atoms with Crippen molar-refractivity contribution in [3.05, 3.63) is 54.7 Å². The zero-order chi connectivity index (χ0) is 8.23. The second kappa shape index (κ2) is 3.35. The molecule has 1 nitrogen and oxygen atoms in total. The van der Waals surface area contributed by atoms with E-state index in [0.29, 0.717) is 0 Å². The Labute approximate surface area is 72.5 Å². The minimum absolute atomic E-state index is 1.05. The predicted octanol–water partition coefficient (Wildman–Crippen LogP) is 2.63. The molecule has 1 heterocycles. The van der Waals surface area contributed by atoms with Gasteiger partial charge in [-0.2, -0.15) is 0 Å². The van der Waals surface area contributed by atoms with Gasteiger partial charge < -0.3 is 0 Å².